The smallest absolute Gasteiger partial charge is 0.254 e. The largest absolute Gasteiger partial charge is 0.289 e. The van der Waals surface area contributed by atoms with Crippen molar-refractivity contribution >= 4 is 17.6 Å². The molecule has 4 nitrogen and oxygen atoms in total. The highest BCUT2D eigenvalue weighted by Crippen LogP contribution is 2.40. The average molecular weight is 317 g/mol. The van der Waals surface area contributed by atoms with Gasteiger partial charge in [-0.3, -0.25) is 19.3 Å². The maximum atomic E-state index is 12.9. The lowest BCUT2D eigenvalue weighted by atomic mass is 9.93. The maximum absolute atomic E-state index is 12.9. The number of carbonyl (C=O) groups excluding carboxylic acids is 3. The molecule has 1 aliphatic carbocycles. The van der Waals surface area contributed by atoms with Crippen LogP contribution >= 0.6 is 0 Å². The Bertz CT molecular complexity index is 865. The summed E-state index contributed by atoms with van der Waals surface area (Å²) in [7, 11) is 0. The van der Waals surface area contributed by atoms with E-state index in [2.05, 4.69) is 0 Å². The van der Waals surface area contributed by atoms with Crippen LogP contribution in [0.25, 0.3) is 0 Å². The van der Waals surface area contributed by atoms with Crippen LogP contribution in [-0.4, -0.2) is 22.5 Å². The molecule has 2 aliphatic rings. The molecule has 118 valence electrons. The van der Waals surface area contributed by atoms with Crippen molar-refractivity contribution in [3.8, 4) is 0 Å². The second-order valence-electron chi connectivity index (χ2n) is 6.01. The first-order valence-corrected chi connectivity index (χ1v) is 7.93. The fraction of sp³-hybridized carbons (Fsp3) is 0.150. The molecular weight excluding hydrogens is 302 g/mol. The third-order valence-electron chi connectivity index (χ3n) is 4.65. The lowest BCUT2D eigenvalue weighted by Gasteiger charge is -2.24. The Morgan fingerprint density at radius 2 is 1.62 bits per heavy atom. The second-order valence-corrected chi connectivity index (χ2v) is 6.01. The minimum Gasteiger partial charge on any atom is -0.289 e. The van der Waals surface area contributed by atoms with E-state index in [4.69, 9.17) is 0 Å². The van der Waals surface area contributed by atoms with Crippen LogP contribution < -0.4 is 0 Å². The number of ketones is 1. The summed E-state index contributed by atoms with van der Waals surface area (Å²) in [5.74, 6) is -0.689. The first-order chi connectivity index (χ1) is 11.7. The predicted octanol–water partition coefficient (Wildman–Crippen LogP) is 2.83. The van der Waals surface area contributed by atoms with E-state index in [0.29, 0.717) is 17.5 Å². The first-order valence-electron chi connectivity index (χ1n) is 7.93. The minimum atomic E-state index is -0.362. The van der Waals surface area contributed by atoms with E-state index < -0.39 is 0 Å². The summed E-state index contributed by atoms with van der Waals surface area (Å²) in [4.78, 5) is 38.3. The Morgan fingerprint density at radius 3 is 2.33 bits per heavy atom. The van der Waals surface area contributed by atoms with Gasteiger partial charge in [0.15, 0.2) is 5.78 Å². The van der Waals surface area contributed by atoms with Gasteiger partial charge in [0.2, 0.25) is 0 Å². The quantitative estimate of drug-likeness (QED) is 0.646. The highest BCUT2D eigenvalue weighted by Gasteiger charge is 2.38. The average Bonchev–Trinajstić information content (AvgIpc) is 3.18. The Labute approximate surface area is 139 Å². The summed E-state index contributed by atoms with van der Waals surface area (Å²) in [6, 6.07) is 14.3. The molecule has 2 aromatic carbocycles. The Balaban J connectivity index is 1.80. The van der Waals surface area contributed by atoms with E-state index in [1.54, 1.807) is 18.2 Å². The monoisotopic (exact) mass is 317 g/mol. The Kier molecular flexibility index (Phi) is 3.38. The van der Waals surface area contributed by atoms with Crippen molar-refractivity contribution in [1.29, 1.82) is 0 Å². The number of hydrogen-bond donors (Lipinski definition) is 0. The van der Waals surface area contributed by atoms with Crippen molar-refractivity contribution in [3.05, 3.63) is 82.9 Å². The van der Waals surface area contributed by atoms with Gasteiger partial charge in [-0.25, -0.2) is 0 Å². The van der Waals surface area contributed by atoms with Crippen molar-refractivity contribution in [1.82, 2.24) is 4.90 Å². The normalized spacial score (nSPS) is 19.0. The molecule has 0 saturated carbocycles. The van der Waals surface area contributed by atoms with Crippen molar-refractivity contribution in [2.45, 2.75) is 18.9 Å². The molecule has 1 heterocycles. The van der Waals surface area contributed by atoms with Gasteiger partial charge in [0.1, 0.15) is 0 Å². The van der Waals surface area contributed by atoms with Gasteiger partial charge in [-0.05, 0) is 24.0 Å². The van der Waals surface area contributed by atoms with Crippen LogP contribution in [0, 0.1) is 0 Å². The molecule has 0 fully saturated rings. The molecule has 4 heteroatoms. The number of carbonyl (C=O) groups is 3. The SMILES string of the molecule is O=C(c1ccccc1)c1cccc2c1[C@@H](N1C(=O)C=CC1=O)CC2. The number of fused-ring (bicyclic) bond motifs is 1. The van der Waals surface area contributed by atoms with E-state index >= 15 is 0 Å². The van der Waals surface area contributed by atoms with Crippen LogP contribution in [-0.2, 0) is 16.0 Å². The van der Waals surface area contributed by atoms with Crippen molar-refractivity contribution in [2.24, 2.45) is 0 Å². The van der Waals surface area contributed by atoms with Gasteiger partial charge in [0.25, 0.3) is 11.8 Å². The van der Waals surface area contributed by atoms with Gasteiger partial charge in [-0.1, -0.05) is 48.5 Å². The van der Waals surface area contributed by atoms with Gasteiger partial charge in [0.05, 0.1) is 6.04 Å². The number of aryl methyl sites for hydroxylation is 1. The minimum absolute atomic E-state index is 0.0774. The zero-order chi connectivity index (χ0) is 16.7. The summed E-state index contributed by atoms with van der Waals surface area (Å²) in [5, 5.41) is 0. The number of amides is 2. The summed E-state index contributed by atoms with van der Waals surface area (Å²) in [6.45, 7) is 0. The summed E-state index contributed by atoms with van der Waals surface area (Å²) >= 11 is 0. The standard InChI is InChI=1S/C20H15NO3/c22-17-11-12-18(23)21(17)16-10-9-13-7-4-8-15(19(13)16)20(24)14-5-2-1-3-6-14/h1-8,11-12,16H,9-10H2/t16-/m0/s1. The molecular formula is C20H15NO3. The molecule has 2 aromatic rings. The van der Waals surface area contributed by atoms with E-state index in [1.165, 1.54) is 17.1 Å². The van der Waals surface area contributed by atoms with Crippen molar-refractivity contribution in [2.75, 3.05) is 0 Å². The molecule has 2 amide bonds. The third-order valence-corrected chi connectivity index (χ3v) is 4.65. The molecule has 0 spiro atoms. The lowest BCUT2D eigenvalue weighted by Crippen LogP contribution is -2.33. The number of benzene rings is 2. The summed E-state index contributed by atoms with van der Waals surface area (Å²) in [5.41, 5.74) is 3.04. The number of nitrogens with zero attached hydrogens (tertiary/aromatic N) is 1. The second kappa shape index (κ2) is 5.57. The highest BCUT2D eigenvalue weighted by atomic mass is 16.2. The fourth-order valence-corrected chi connectivity index (χ4v) is 3.58. The van der Waals surface area contributed by atoms with Crippen molar-refractivity contribution in [3.63, 3.8) is 0 Å². The van der Waals surface area contributed by atoms with E-state index in [9.17, 15) is 14.4 Å². The molecule has 1 aliphatic heterocycles. The van der Waals surface area contributed by atoms with Crippen LogP contribution in [0.1, 0.15) is 39.5 Å². The van der Waals surface area contributed by atoms with Gasteiger partial charge < -0.3 is 0 Å². The van der Waals surface area contributed by atoms with Crippen LogP contribution in [0.15, 0.2) is 60.7 Å². The van der Waals surface area contributed by atoms with Gasteiger partial charge in [-0.15, -0.1) is 0 Å². The molecule has 0 bridgehead atoms. The first kappa shape index (κ1) is 14.6. The number of imide groups is 1. The fourth-order valence-electron chi connectivity index (χ4n) is 3.58. The molecule has 0 unspecified atom stereocenters. The number of hydrogen-bond acceptors (Lipinski definition) is 3. The molecule has 1 atom stereocenters. The number of rotatable bonds is 3. The summed E-state index contributed by atoms with van der Waals surface area (Å²) < 4.78 is 0. The Morgan fingerprint density at radius 1 is 0.917 bits per heavy atom. The predicted molar refractivity (Wildman–Crippen MR) is 88.4 cm³/mol. The zero-order valence-corrected chi connectivity index (χ0v) is 12.9. The van der Waals surface area contributed by atoms with Gasteiger partial charge in [0, 0.05) is 23.3 Å². The van der Waals surface area contributed by atoms with Gasteiger partial charge in [-0.2, -0.15) is 0 Å². The molecule has 4 rings (SSSR count). The highest BCUT2D eigenvalue weighted by molar-refractivity contribution is 6.14. The molecule has 0 radical (unpaired) electrons. The van der Waals surface area contributed by atoms with Crippen molar-refractivity contribution < 1.29 is 14.4 Å². The van der Waals surface area contributed by atoms with E-state index in [0.717, 1.165) is 17.5 Å². The summed E-state index contributed by atoms with van der Waals surface area (Å²) in [6.07, 6.45) is 4.00. The van der Waals surface area contributed by atoms with Crippen LogP contribution in [0.5, 0.6) is 0 Å². The lowest BCUT2D eigenvalue weighted by molar-refractivity contribution is -0.139. The van der Waals surface area contributed by atoms with Crippen LogP contribution in [0.4, 0.5) is 0 Å². The van der Waals surface area contributed by atoms with Crippen LogP contribution in [0.2, 0.25) is 0 Å². The maximum Gasteiger partial charge on any atom is 0.254 e. The topological polar surface area (TPSA) is 54.5 Å². The zero-order valence-electron chi connectivity index (χ0n) is 12.9. The molecule has 24 heavy (non-hydrogen) atoms. The molecule has 0 N–H and O–H groups in total. The molecule has 0 aromatic heterocycles. The molecule has 0 saturated heterocycles. The van der Waals surface area contributed by atoms with Gasteiger partial charge >= 0.3 is 0 Å². The third kappa shape index (κ3) is 2.19. The van der Waals surface area contributed by atoms with E-state index in [1.807, 2.05) is 30.3 Å². The van der Waals surface area contributed by atoms with Crippen LogP contribution in [0.3, 0.4) is 0 Å². The van der Waals surface area contributed by atoms with E-state index in [-0.39, 0.29) is 23.6 Å². The Hall–Kier alpha value is -3.01.